The highest BCUT2D eigenvalue weighted by Gasteiger charge is 2.09. The summed E-state index contributed by atoms with van der Waals surface area (Å²) in [6.07, 6.45) is 0. The summed E-state index contributed by atoms with van der Waals surface area (Å²) in [6.45, 7) is 10.3. The normalized spacial score (nSPS) is 11.1. The molecule has 0 bridgehead atoms. The molecule has 1 aromatic rings. The van der Waals surface area contributed by atoms with E-state index in [1.54, 1.807) is 0 Å². The minimum Gasteiger partial charge on any atom is -0.490 e. The van der Waals surface area contributed by atoms with Crippen LogP contribution in [0.15, 0.2) is 12.1 Å². The van der Waals surface area contributed by atoms with Gasteiger partial charge in [-0.05, 0) is 71.2 Å². The van der Waals surface area contributed by atoms with E-state index in [0.717, 1.165) is 18.6 Å². The number of benzene rings is 1. The fourth-order valence-corrected chi connectivity index (χ4v) is 4.09. The molecule has 0 unspecified atom stereocenters. The second-order valence-corrected chi connectivity index (χ2v) is 10.9. The maximum atomic E-state index is 10.7. The number of carbonyl (C=O) groups is 2. The molecule has 0 atom stereocenters. The summed E-state index contributed by atoms with van der Waals surface area (Å²) in [6, 6.07) is 3.89. The fraction of sp³-hybridized carbons (Fsp3) is 0.714. The molecule has 0 aromatic heterocycles. The number of hydrogen-bond acceptors (Lipinski definition) is 12. The van der Waals surface area contributed by atoms with Crippen LogP contribution in [0.25, 0.3) is 0 Å². The molecule has 0 saturated carbocycles. The van der Waals surface area contributed by atoms with Crippen molar-refractivity contribution in [3.8, 4) is 11.5 Å². The van der Waals surface area contributed by atoms with Crippen LogP contribution in [0.5, 0.6) is 11.5 Å². The van der Waals surface area contributed by atoms with E-state index < -0.39 is 0 Å². The van der Waals surface area contributed by atoms with E-state index in [1.165, 1.54) is 13.8 Å². The zero-order valence-electron chi connectivity index (χ0n) is 24.5. The Morgan fingerprint density at radius 1 is 0.452 bits per heavy atom. The Bertz CT molecular complexity index is 776. The number of rotatable bonds is 30. The number of Topliss-reactive ketones (excluding diaryl/α,β-unsaturated/α-hetero) is 2. The van der Waals surface area contributed by atoms with Crippen LogP contribution < -0.4 is 9.47 Å². The van der Waals surface area contributed by atoms with Crippen LogP contribution in [0.4, 0.5) is 0 Å². The first kappa shape index (κ1) is 39.3. The van der Waals surface area contributed by atoms with Gasteiger partial charge in [0.2, 0.25) is 0 Å². The first-order valence-corrected chi connectivity index (χ1v) is 15.9. The molecular formula is C28H44I2O12. The fourth-order valence-electron chi connectivity index (χ4n) is 2.90. The van der Waals surface area contributed by atoms with Crippen LogP contribution in [0.2, 0.25) is 0 Å². The molecular weight excluding hydrogens is 782 g/mol. The molecule has 0 aliphatic heterocycles. The zero-order chi connectivity index (χ0) is 30.7. The number of carbonyl (C=O) groups excluding carboxylic acids is 2. The highest BCUT2D eigenvalue weighted by Crippen LogP contribution is 2.31. The topological polar surface area (TPSA) is 126 Å². The van der Waals surface area contributed by atoms with Gasteiger partial charge in [-0.1, -0.05) is 0 Å². The van der Waals surface area contributed by atoms with E-state index in [4.69, 9.17) is 47.4 Å². The van der Waals surface area contributed by atoms with Crippen molar-refractivity contribution in [1.82, 2.24) is 0 Å². The molecule has 42 heavy (non-hydrogen) atoms. The van der Waals surface area contributed by atoms with Gasteiger partial charge in [-0.25, -0.2) is 0 Å². The zero-order valence-corrected chi connectivity index (χ0v) is 28.9. The molecule has 14 heteroatoms. The number of hydrogen-bond donors (Lipinski definition) is 0. The van der Waals surface area contributed by atoms with Crippen molar-refractivity contribution in [2.75, 3.05) is 119 Å². The third-order valence-electron chi connectivity index (χ3n) is 4.80. The van der Waals surface area contributed by atoms with E-state index in [0.29, 0.717) is 106 Å². The maximum absolute atomic E-state index is 10.7. The smallest absolute Gasteiger partial charge is 0.155 e. The average molecular weight is 826 g/mol. The summed E-state index contributed by atoms with van der Waals surface area (Å²) in [4.78, 5) is 21.5. The molecule has 0 radical (unpaired) electrons. The van der Waals surface area contributed by atoms with Gasteiger partial charge in [-0.15, -0.1) is 0 Å². The lowest BCUT2D eigenvalue weighted by atomic mass is 10.3. The Morgan fingerprint density at radius 2 is 0.690 bits per heavy atom. The van der Waals surface area contributed by atoms with E-state index >= 15 is 0 Å². The van der Waals surface area contributed by atoms with Gasteiger partial charge in [0.25, 0.3) is 0 Å². The van der Waals surface area contributed by atoms with Gasteiger partial charge < -0.3 is 47.4 Å². The average Bonchev–Trinajstić information content (AvgIpc) is 2.95. The highest BCUT2D eigenvalue weighted by atomic mass is 127. The van der Waals surface area contributed by atoms with Crippen LogP contribution in [0.1, 0.15) is 13.8 Å². The lowest BCUT2D eigenvalue weighted by Gasteiger charge is -2.13. The van der Waals surface area contributed by atoms with E-state index in [-0.39, 0.29) is 24.8 Å². The molecule has 0 N–H and O–H groups in total. The van der Waals surface area contributed by atoms with Crippen molar-refractivity contribution in [2.24, 2.45) is 0 Å². The van der Waals surface area contributed by atoms with E-state index in [2.05, 4.69) is 45.2 Å². The third kappa shape index (κ3) is 23.7. The first-order valence-electron chi connectivity index (χ1n) is 13.8. The van der Waals surface area contributed by atoms with Crippen LogP contribution in [0, 0.1) is 7.14 Å². The Balaban J connectivity index is 1.98. The standard InChI is InChI=1S/C28H44I2O12/c1-23(31)21-39-13-11-35-5-3-33-7-9-37-15-17-41-27-19-26(30)28(20-25(27)29)42-18-16-38-10-8-34-4-6-36-12-14-40-22-24(2)32/h19-20H,3-18,21-22H2,1-2H3. The second-order valence-electron chi connectivity index (χ2n) is 8.59. The van der Waals surface area contributed by atoms with Crippen LogP contribution in [-0.4, -0.2) is 130 Å². The molecule has 0 amide bonds. The number of halogens is 2. The molecule has 242 valence electrons. The molecule has 0 fully saturated rings. The monoisotopic (exact) mass is 826 g/mol. The molecule has 12 nitrogen and oxygen atoms in total. The number of ether oxygens (including phenoxy) is 10. The van der Waals surface area contributed by atoms with Crippen molar-refractivity contribution in [3.05, 3.63) is 19.3 Å². The van der Waals surface area contributed by atoms with Crippen LogP contribution in [0.3, 0.4) is 0 Å². The quantitative estimate of drug-likeness (QED) is 0.0837. The van der Waals surface area contributed by atoms with Gasteiger partial charge in [0.05, 0.1) is 99.6 Å². The summed E-state index contributed by atoms with van der Waals surface area (Å²) in [7, 11) is 0. The molecule has 1 rings (SSSR count). The first-order chi connectivity index (χ1) is 20.4. The van der Waals surface area contributed by atoms with Gasteiger partial charge >= 0.3 is 0 Å². The van der Waals surface area contributed by atoms with Crippen LogP contribution >= 0.6 is 45.2 Å². The molecule has 0 saturated heterocycles. The predicted molar refractivity (Wildman–Crippen MR) is 171 cm³/mol. The lowest BCUT2D eigenvalue weighted by Crippen LogP contribution is -2.15. The minimum absolute atomic E-state index is 0.000470. The van der Waals surface area contributed by atoms with Crippen molar-refractivity contribution in [1.29, 1.82) is 0 Å². The van der Waals surface area contributed by atoms with Gasteiger partial charge in [-0.2, -0.15) is 0 Å². The Hall–Kier alpha value is -0.700. The van der Waals surface area contributed by atoms with Crippen molar-refractivity contribution in [2.45, 2.75) is 13.8 Å². The predicted octanol–water partition coefficient (Wildman–Crippen LogP) is 2.96. The molecule has 1 aromatic carbocycles. The lowest BCUT2D eigenvalue weighted by molar-refractivity contribution is -0.122. The van der Waals surface area contributed by atoms with Crippen molar-refractivity contribution in [3.63, 3.8) is 0 Å². The molecule has 0 aliphatic carbocycles. The SMILES string of the molecule is CC(=O)COCCOCCOCCOCCOc1cc(I)c(OCCOCCOCCOCCOCC(C)=O)cc1I. The second kappa shape index (κ2) is 27.8. The Kier molecular flexibility index (Phi) is 26.0. The summed E-state index contributed by atoms with van der Waals surface area (Å²) >= 11 is 4.44. The van der Waals surface area contributed by atoms with Crippen LogP contribution in [-0.2, 0) is 47.5 Å². The Labute approximate surface area is 275 Å². The largest absolute Gasteiger partial charge is 0.490 e. The van der Waals surface area contributed by atoms with Gasteiger partial charge in [0.15, 0.2) is 11.6 Å². The summed E-state index contributed by atoms with van der Waals surface area (Å²) < 4.78 is 56.5. The third-order valence-corrected chi connectivity index (χ3v) is 6.49. The van der Waals surface area contributed by atoms with Gasteiger partial charge in [-0.3, -0.25) is 9.59 Å². The minimum atomic E-state index is -0.000470. The highest BCUT2D eigenvalue weighted by molar-refractivity contribution is 14.1. The van der Waals surface area contributed by atoms with Crippen molar-refractivity contribution < 1.29 is 57.0 Å². The molecule has 0 aliphatic rings. The molecule has 0 heterocycles. The van der Waals surface area contributed by atoms with E-state index in [9.17, 15) is 9.59 Å². The van der Waals surface area contributed by atoms with E-state index in [1.807, 2.05) is 12.1 Å². The van der Waals surface area contributed by atoms with Gasteiger partial charge in [0.1, 0.15) is 37.9 Å². The molecule has 0 spiro atoms. The number of ketones is 2. The maximum Gasteiger partial charge on any atom is 0.155 e. The van der Waals surface area contributed by atoms with Crippen molar-refractivity contribution >= 4 is 56.7 Å². The Morgan fingerprint density at radius 3 is 0.952 bits per heavy atom. The van der Waals surface area contributed by atoms with Gasteiger partial charge in [0, 0.05) is 0 Å². The summed E-state index contributed by atoms with van der Waals surface area (Å²) in [5.41, 5.74) is 0. The summed E-state index contributed by atoms with van der Waals surface area (Å²) in [5, 5.41) is 0. The summed E-state index contributed by atoms with van der Waals surface area (Å²) in [5.74, 6) is 1.55.